The Balaban J connectivity index is 1.78. The van der Waals surface area contributed by atoms with Crippen molar-refractivity contribution in [2.45, 2.75) is 26.3 Å². The molecule has 1 aromatic heterocycles. The normalized spacial score (nSPS) is 12.5. The quantitative estimate of drug-likeness (QED) is 0.622. The molecule has 0 saturated heterocycles. The lowest BCUT2D eigenvalue weighted by Crippen LogP contribution is -2.33. The van der Waals surface area contributed by atoms with Crippen LogP contribution < -0.4 is 11.1 Å². The molecule has 0 aliphatic heterocycles. The number of rotatable bonds is 5. The minimum atomic E-state index is -0.294. The van der Waals surface area contributed by atoms with Crippen LogP contribution in [-0.2, 0) is 11.2 Å². The third-order valence-corrected chi connectivity index (χ3v) is 3.98. The van der Waals surface area contributed by atoms with E-state index in [0.717, 1.165) is 16.3 Å². The maximum atomic E-state index is 12.5. The second kappa shape index (κ2) is 6.66. The molecule has 0 aliphatic rings. The monoisotopic (exact) mass is 324 g/mol. The van der Waals surface area contributed by atoms with E-state index in [9.17, 15) is 4.79 Å². The SMILES string of the molecule is CC(C)[C@H](NC(=O)Cc1cc2ccccc2cc1N)c1nn[nH]n1. The van der Waals surface area contributed by atoms with E-state index in [-0.39, 0.29) is 24.3 Å². The Hall–Kier alpha value is -2.96. The van der Waals surface area contributed by atoms with Crippen molar-refractivity contribution in [3.63, 3.8) is 0 Å². The van der Waals surface area contributed by atoms with Crippen molar-refractivity contribution in [1.29, 1.82) is 0 Å². The predicted molar refractivity (Wildman–Crippen MR) is 92.0 cm³/mol. The van der Waals surface area contributed by atoms with Crippen LogP contribution in [0.1, 0.15) is 31.3 Å². The highest BCUT2D eigenvalue weighted by Crippen LogP contribution is 2.23. The number of amides is 1. The number of anilines is 1. The summed E-state index contributed by atoms with van der Waals surface area (Å²) < 4.78 is 0. The summed E-state index contributed by atoms with van der Waals surface area (Å²) in [6.45, 7) is 3.98. The summed E-state index contributed by atoms with van der Waals surface area (Å²) in [6.07, 6.45) is 0.206. The first-order valence-electron chi connectivity index (χ1n) is 7.84. The van der Waals surface area contributed by atoms with Crippen molar-refractivity contribution in [3.8, 4) is 0 Å². The van der Waals surface area contributed by atoms with Gasteiger partial charge in [0.15, 0.2) is 5.82 Å². The van der Waals surface area contributed by atoms with Crippen LogP contribution in [0.3, 0.4) is 0 Å². The van der Waals surface area contributed by atoms with Gasteiger partial charge in [-0.1, -0.05) is 43.3 Å². The molecule has 0 spiro atoms. The van der Waals surface area contributed by atoms with Gasteiger partial charge in [0.2, 0.25) is 5.91 Å². The average Bonchev–Trinajstić information content (AvgIpc) is 3.07. The van der Waals surface area contributed by atoms with Crippen molar-refractivity contribution in [1.82, 2.24) is 25.9 Å². The van der Waals surface area contributed by atoms with Crippen LogP contribution in [-0.4, -0.2) is 26.5 Å². The van der Waals surface area contributed by atoms with E-state index >= 15 is 0 Å². The number of fused-ring (bicyclic) bond motifs is 1. The molecule has 1 atom stereocenters. The van der Waals surface area contributed by atoms with Crippen LogP contribution in [0, 0.1) is 5.92 Å². The highest BCUT2D eigenvalue weighted by Gasteiger charge is 2.22. The van der Waals surface area contributed by atoms with Gasteiger partial charge in [-0.15, -0.1) is 10.2 Å². The van der Waals surface area contributed by atoms with E-state index < -0.39 is 0 Å². The summed E-state index contributed by atoms with van der Waals surface area (Å²) in [5.41, 5.74) is 7.52. The number of H-pyrrole nitrogens is 1. The minimum absolute atomic E-state index is 0.125. The maximum Gasteiger partial charge on any atom is 0.225 e. The standard InChI is InChI=1S/C17H20N6O/c1-10(2)16(17-20-22-23-21-17)19-15(24)9-13-7-11-5-3-4-6-12(11)8-14(13)18/h3-8,10,16H,9,18H2,1-2H3,(H,19,24)(H,20,21,22,23)/t16-/m0/s1. The molecule has 3 rings (SSSR count). The van der Waals surface area contributed by atoms with Gasteiger partial charge in [0, 0.05) is 5.69 Å². The summed E-state index contributed by atoms with van der Waals surface area (Å²) in [5.74, 6) is 0.491. The highest BCUT2D eigenvalue weighted by molar-refractivity contribution is 5.89. The van der Waals surface area contributed by atoms with Crippen LogP contribution in [0.4, 0.5) is 5.69 Å². The van der Waals surface area contributed by atoms with Crippen LogP contribution in [0.5, 0.6) is 0 Å². The summed E-state index contributed by atoms with van der Waals surface area (Å²) in [5, 5.41) is 19.0. The number of aromatic amines is 1. The largest absolute Gasteiger partial charge is 0.398 e. The molecule has 24 heavy (non-hydrogen) atoms. The van der Waals surface area contributed by atoms with Gasteiger partial charge in [-0.2, -0.15) is 5.21 Å². The molecular formula is C17H20N6O. The number of carbonyl (C=O) groups excluding carboxylic acids is 1. The number of nitrogen functional groups attached to an aromatic ring is 1. The number of nitrogens with one attached hydrogen (secondary N) is 2. The predicted octanol–water partition coefficient (Wildman–Crippen LogP) is 1.99. The van der Waals surface area contributed by atoms with E-state index in [2.05, 4.69) is 25.9 Å². The Kier molecular flexibility index (Phi) is 4.41. The second-order valence-corrected chi connectivity index (χ2v) is 6.13. The zero-order valence-electron chi connectivity index (χ0n) is 13.7. The van der Waals surface area contributed by atoms with Crippen LogP contribution in [0.25, 0.3) is 10.8 Å². The molecule has 1 amide bonds. The first kappa shape index (κ1) is 15.9. The van der Waals surface area contributed by atoms with Gasteiger partial charge in [0.25, 0.3) is 0 Å². The third-order valence-electron chi connectivity index (χ3n) is 3.98. The molecule has 7 nitrogen and oxygen atoms in total. The fraction of sp³-hybridized carbons (Fsp3) is 0.294. The van der Waals surface area contributed by atoms with Crippen molar-refractivity contribution >= 4 is 22.4 Å². The minimum Gasteiger partial charge on any atom is -0.398 e. The van der Waals surface area contributed by atoms with Crippen molar-refractivity contribution in [3.05, 3.63) is 47.8 Å². The molecule has 4 N–H and O–H groups in total. The van der Waals surface area contributed by atoms with Gasteiger partial charge >= 0.3 is 0 Å². The van der Waals surface area contributed by atoms with Crippen molar-refractivity contribution in [2.75, 3.05) is 5.73 Å². The molecule has 2 aromatic carbocycles. The van der Waals surface area contributed by atoms with Crippen LogP contribution >= 0.6 is 0 Å². The molecule has 0 fully saturated rings. The number of nitrogens with two attached hydrogens (primary N) is 1. The molecule has 0 unspecified atom stereocenters. The van der Waals surface area contributed by atoms with E-state index in [1.807, 2.05) is 50.2 Å². The first-order chi connectivity index (χ1) is 11.5. The molecule has 3 aromatic rings. The van der Waals surface area contributed by atoms with Gasteiger partial charge in [0.05, 0.1) is 12.5 Å². The second-order valence-electron chi connectivity index (χ2n) is 6.13. The Labute approximate surface area is 139 Å². The number of hydrogen-bond acceptors (Lipinski definition) is 5. The molecule has 0 saturated carbocycles. The van der Waals surface area contributed by atoms with Gasteiger partial charge in [0.1, 0.15) is 0 Å². The number of nitrogens with zero attached hydrogens (tertiary/aromatic N) is 3. The number of tetrazole rings is 1. The lowest BCUT2D eigenvalue weighted by Gasteiger charge is -2.19. The zero-order chi connectivity index (χ0) is 17.1. The van der Waals surface area contributed by atoms with Crippen LogP contribution in [0.2, 0.25) is 0 Å². The molecule has 1 heterocycles. The Morgan fingerprint density at radius 2 is 1.96 bits per heavy atom. The van der Waals surface area contributed by atoms with E-state index in [4.69, 9.17) is 5.73 Å². The van der Waals surface area contributed by atoms with E-state index in [0.29, 0.717) is 11.5 Å². The fourth-order valence-corrected chi connectivity index (χ4v) is 2.69. The first-order valence-corrected chi connectivity index (χ1v) is 7.84. The molecular weight excluding hydrogens is 304 g/mol. The zero-order valence-corrected chi connectivity index (χ0v) is 13.7. The van der Waals surface area contributed by atoms with Gasteiger partial charge < -0.3 is 11.1 Å². The number of benzene rings is 2. The van der Waals surface area contributed by atoms with Crippen molar-refractivity contribution in [2.24, 2.45) is 5.92 Å². The fourth-order valence-electron chi connectivity index (χ4n) is 2.69. The maximum absolute atomic E-state index is 12.5. The highest BCUT2D eigenvalue weighted by atomic mass is 16.1. The Morgan fingerprint density at radius 3 is 2.58 bits per heavy atom. The summed E-state index contributed by atoms with van der Waals surface area (Å²) in [6, 6.07) is 11.5. The Bertz CT molecular complexity index is 843. The molecule has 124 valence electrons. The van der Waals surface area contributed by atoms with Gasteiger partial charge in [-0.3, -0.25) is 4.79 Å². The summed E-state index contributed by atoms with van der Waals surface area (Å²) in [7, 11) is 0. The van der Waals surface area contributed by atoms with Gasteiger partial charge in [-0.25, -0.2) is 0 Å². The Morgan fingerprint density at radius 1 is 1.25 bits per heavy atom. The summed E-state index contributed by atoms with van der Waals surface area (Å²) >= 11 is 0. The average molecular weight is 324 g/mol. The molecule has 0 bridgehead atoms. The number of carbonyl (C=O) groups is 1. The van der Waals surface area contributed by atoms with Crippen LogP contribution in [0.15, 0.2) is 36.4 Å². The topological polar surface area (TPSA) is 110 Å². The molecule has 0 aliphatic carbocycles. The number of aromatic nitrogens is 4. The summed E-state index contributed by atoms with van der Waals surface area (Å²) in [4.78, 5) is 12.5. The number of hydrogen-bond donors (Lipinski definition) is 3. The smallest absolute Gasteiger partial charge is 0.225 e. The van der Waals surface area contributed by atoms with Gasteiger partial charge in [-0.05, 0) is 34.4 Å². The van der Waals surface area contributed by atoms with E-state index in [1.54, 1.807) is 0 Å². The van der Waals surface area contributed by atoms with E-state index in [1.165, 1.54) is 0 Å². The van der Waals surface area contributed by atoms with Crippen molar-refractivity contribution < 1.29 is 4.79 Å². The third kappa shape index (κ3) is 3.34. The molecule has 0 radical (unpaired) electrons. The molecule has 7 heteroatoms. The lowest BCUT2D eigenvalue weighted by atomic mass is 10.0. The lowest BCUT2D eigenvalue weighted by molar-refractivity contribution is -0.121.